The number of carbonyl (C=O) groups is 1. The molecule has 1 amide bonds. The molecule has 1 aromatic rings. The van der Waals surface area contributed by atoms with E-state index in [0.29, 0.717) is 30.8 Å². The third kappa shape index (κ3) is 6.92. The summed E-state index contributed by atoms with van der Waals surface area (Å²) in [6.45, 7) is 5.45. The summed E-state index contributed by atoms with van der Waals surface area (Å²) >= 11 is 0. The summed E-state index contributed by atoms with van der Waals surface area (Å²) in [4.78, 5) is 12.4. The summed E-state index contributed by atoms with van der Waals surface area (Å²) in [6.07, 6.45) is 8.56. The molecule has 1 N–H and O–H groups in total. The van der Waals surface area contributed by atoms with E-state index >= 15 is 0 Å². The number of amides is 1. The van der Waals surface area contributed by atoms with Crippen LogP contribution in [0.4, 0.5) is 0 Å². The van der Waals surface area contributed by atoms with Crippen LogP contribution in [0.3, 0.4) is 0 Å². The topological polar surface area (TPSA) is 66.5 Å². The lowest BCUT2D eigenvalue weighted by Gasteiger charge is -2.25. The molecular formula is C21H34N2O3S. The van der Waals surface area contributed by atoms with Gasteiger partial charge in [-0.05, 0) is 50.3 Å². The summed E-state index contributed by atoms with van der Waals surface area (Å²) in [5.74, 6) is 0.0593. The molecule has 5 nitrogen and oxygen atoms in total. The van der Waals surface area contributed by atoms with Gasteiger partial charge >= 0.3 is 0 Å². The molecule has 0 spiro atoms. The van der Waals surface area contributed by atoms with E-state index < -0.39 is 10.0 Å². The largest absolute Gasteiger partial charge is 0.354 e. The SMILES string of the molecule is CCCCCC(C)NC(=O)CCc1ccc(S(=O)(=O)N2CCCCC2)cc1. The van der Waals surface area contributed by atoms with Crippen molar-refractivity contribution in [1.29, 1.82) is 0 Å². The zero-order valence-corrected chi connectivity index (χ0v) is 17.6. The average Bonchev–Trinajstić information content (AvgIpc) is 2.67. The summed E-state index contributed by atoms with van der Waals surface area (Å²) in [5, 5.41) is 3.05. The number of benzene rings is 1. The highest BCUT2D eigenvalue weighted by atomic mass is 32.2. The van der Waals surface area contributed by atoms with Gasteiger partial charge in [0.05, 0.1) is 4.90 Å². The van der Waals surface area contributed by atoms with Crippen LogP contribution in [0.1, 0.15) is 70.8 Å². The van der Waals surface area contributed by atoms with Crippen LogP contribution in [-0.2, 0) is 21.2 Å². The molecule has 6 heteroatoms. The Morgan fingerprint density at radius 3 is 2.41 bits per heavy atom. The molecule has 1 aromatic carbocycles. The van der Waals surface area contributed by atoms with E-state index in [1.54, 1.807) is 16.4 Å². The predicted molar refractivity (Wildman–Crippen MR) is 109 cm³/mol. The first-order valence-corrected chi connectivity index (χ1v) is 11.8. The number of nitrogens with one attached hydrogen (secondary N) is 1. The summed E-state index contributed by atoms with van der Waals surface area (Å²) in [5.41, 5.74) is 0.987. The van der Waals surface area contributed by atoms with E-state index in [1.165, 1.54) is 12.8 Å². The van der Waals surface area contributed by atoms with Gasteiger partial charge in [0.1, 0.15) is 0 Å². The first-order valence-electron chi connectivity index (χ1n) is 10.3. The van der Waals surface area contributed by atoms with Crippen molar-refractivity contribution in [3.05, 3.63) is 29.8 Å². The van der Waals surface area contributed by atoms with Crippen LogP contribution >= 0.6 is 0 Å². The van der Waals surface area contributed by atoms with Crippen molar-refractivity contribution in [2.24, 2.45) is 0 Å². The van der Waals surface area contributed by atoms with Gasteiger partial charge in [0.2, 0.25) is 15.9 Å². The van der Waals surface area contributed by atoms with Crippen molar-refractivity contribution in [2.75, 3.05) is 13.1 Å². The molecule has 1 unspecified atom stereocenters. The lowest BCUT2D eigenvalue weighted by atomic mass is 10.1. The first-order chi connectivity index (χ1) is 12.9. The Morgan fingerprint density at radius 1 is 1.11 bits per heavy atom. The predicted octanol–water partition coefficient (Wildman–Crippen LogP) is 3.88. The third-order valence-electron chi connectivity index (χ3n) is 5.16. The van der Waals surface area contributed by atoms with Crippen LogP contribution < -0.4 is 5.32 Å². The molecule has 0 saturated carbocycles. The van der Waals surface area contributed by atoms with E-state index in [4.69, 9.17) is 0 Å². The van der Waals surface area contributed by atoms with Crippen LogP contribution in [0, 0.1) is 0 Å². The number of unbranched alkanes of at least 4 members (excludes halogenated alkanes) is 2. The number of carbonyl (C=O) groups excluding carboxylic acids is 1. The fourth-order valence-corrected chi connectivity index (χ4v) is 4.98. The second kappa shape index (κ2) is 10.8. The van der Waals surface area contributed by atoms with Gasteiger partial charge in [0, 0.05) is 25.6 Å². The fraction of sp³-hybridized carbons (Fsp3) is 0.667. The minimum absolute atomic E-state index is 0.0593. The second-order valence-corrected chi connectivity index (χ2v) is 9.51. The average molecular weight is 395 g/mol. The number of aryl methyl sites for hydroxylation is 1. The van der Waals surface area contributed by atoms with Crippen molar-refractivity contribution in [3.63, 3.8) is 0 Å². The maximum atomic E-state index is 12.7. The van der Waals surface area contributed by atoms with Gasteiger partial charge in [-0.1, -0.05) is 44.7 Å². The molecule has 1 fully saturated rings. The molecule has 1 heterocycles. The Morgan fingerprint density at radius 2 is 1.78 bits per heavy atom. The molecule has 152 valence electrons. The van der Waals surface area contributed by atoms with E-state index in [2.05, 4.69) is 12.2 Å². The van der Waals surface area contributed by atoms with E-state index in [9.17, 15) is 13.2 Å². The highest BCUT2D eigenvalue weighted by molar-refractivity contribution is 7.89. The highest BCUT2D eigenvalue weighted by Crippen LogP contribution is 2.21. The fourth-order valence-electron chi connectivity index (χ4n) is 3.46. The van der Waals surface area contributed by atoms with Gasteiger partial charge in [-0.15, -0.1) is 0 Å². The van der Waals surface area contributed by atoms with Crippen molar-refractivity contribution in [2.45, 2.75) is 82.6 Å². The Labute approximate surface area is 164 Å². The minimum atomic E-state index is -3.38. The molecule has 2 rings (SSSR count). The number of rotatable bonds is 10. The molecule has 27 heavy (non-hydrogen) atoms. The van der Waals surface area contributed by atoms with Crippen LogP contribution in [0.5, 0.6) is 0 Å². The van der Waals surface area contributed by atoms with Gasteiger partial charge in [-0.3, -0.25) is 4.79 Å². The van der Waals surface area contributed by atoms with Crippen molar-refractivity contribution in [1.82, 2.24) is 9.62 Å². The van der Waals surface area contributed by atoms with E-state index in [1.807, 2.05) is 19.1 Å². The smallest absolute Gasteiger partial charge is 0.243 e. The Bertz CT molecular complexity index is 680. The van der Waals surface area contributed by atoms with Crippen molar-refractivity contribution >= 4 is 15.9 Å². The van der Waals surface area contributed by atoms with Crippen LogP contribution in [-0.4, -0.2) is 37.8 Å². The standard InChI is InChI=1S/C21H34N2O3S/c1-3-4-6-9-18(2)22-21(24)15-12-19-10-13-20(14-11-19)27(25,26)23-16-7-5-8-17-23/h10-11,13-14,18H,3-9,12,15-17H2,1-2H3,(H,22,24). The molecule has 1 saturated heterocycles. The third-order valence-corrected chi connectivity index (χ3v) is 7.08. The monoisotopic (exact) mass is 394 g/mol. The molecule has 1 aliphatic rings. The van der Waals surface area contributed by atoms with E-state index in [0.717, 1.165) is 37.7 Å². The summed E-state index contributed by atoms with van der Waals surface area (Å²) < 4.78 is 26.9. The second-order valence-electron chi connectivity index (χ2n) is 7.57. The zero-order valence-electron chi connectivity index (χ0n) is 16.7. The number of piperidine rings is 1. The Kier molecular flexibility index (Phi) is 8.77. The van der Waals surface area contributed by atoms with Crippen LogP contribution in [0.25, 0.3) is 0 Å². The van der Waals surface area contributed by atoms with Crippen molar-refractivity contribution < 1.29 is 13.2 Å². The Balaban J connectivity index is 1.82. The molecule has 1 atom stereocenters. The van der Waals surface area contributed by atoms with Gasteiger partial charge in [0.25, 0.3) is 0 Å². The lowest BCUT2D eigenvalue weighted by Crippen LogP contribution is -2.35. The van der Waals surface area contributed by atoms with Gasteiger partial charge in [-0.25, -0.2) is 8.42 Å². The number of nitrogens with zero attached hydrogens (tertiary/aromatic N) is 1. The zero-order chi connectivity index (χ0) is 19.7. The van der Waals surface area contributed by atoms with Gasteiger partial charge < -0.3 is 5.32 Å². The first kappa shape index (κ1) is 21.9. The Hall–Kier alpha value is -1.40. The van der Waals surface area contributed by atoms with Gasteiger partial charge in [-0.2, -0.15) is 4.31 Å². The summed E-state index contributed by atoms with van der Waals surface area (Å²) in [6, 6.07) is 7.21. The van der Waals surface area contributed by atoms with Crippen molar-refractivity contribution in [3.8, 4) is 0 Å². The van der Waals surface area contributed by atoms with Gasteiger partial charge in [0.15, 0.2) is 0 Å². The number of sulfonamides is 1. The number of hydrogen-bond acceptors (Lipinski definition) is 3. The highest BCUT2D eigenvalue weighted by Gasteiger charge is 2.25. The molecular weight excluding hydrogens is 360 g/mol. The molecule has 0 aliphatic carbocycles. The molecule has 0 bridgehead atoms. The quantitative estimate of drug-likeness (QED) is 0.613. The van der Waals surface area contributed by atoms with E-state index in [-0.39, 0.29) is 11.9 Å². The maximum absolute atomic E-state index is 12.7. The summed E-state index contributed by atoms with van der Waals surface area (Å²) in [7, 11) is -3.38. The number of hydrogen-bond donors (Lipinski definition) is 1. The van der Waals surface area contributed by atoms with Crippen LogP contribution in [0.15, 0.2) is 29.2 Å². The lowest BCUT2D eigenvalue weighted by molar-refractivity contribution is -0.121. The maximum Gasteiger partial charge on any atom is 0.243 e. The molecule has 0 radical (unpaired) electrons. The normalized spacial score (nSPS) is 16.8. The molecule has 1 aliphatic heterocycles. The van der Waals surface area contributed by atoms with Crippen LogP contribution in [0.2, 0.25) is 0 Å². The minimum Gasteiger partial charge on any atom is -0.354 e. The molecule has 0 aromatic heterocycles.